The first-order chi connectivity index (χ1) is 17.3. The van der Waals surface area contributed by atoms with E-state index in [4.69, 9.17) is 0 Å². The first kappa shape index (κ1) is 23.1. The van der Waals surface area contributed by atoms with Crippen LogP contribution in [0.15, 0.2) is 78.9 Å². The van der Waals surface area contributed by atoms with Crippen LogP contribution < -0.4 is 5.32 Å². The van der Waals surface area contributed by atoms with Crippen LogP contribution in [0.4, 0.5) is 10.1 Å². The maximum atomic E-state index is 15.1. The predicted molar refractivity (Wildman–Crippen MR) is 138 cm³/mol. The monoisotopic (exact) mass is 479 g/mol. The molecule has 0 unspecified atom stereocenters. The first-order valence-electron chi connectivity index (χ1n) is 11.4. The highest BCUT2D eigenvalue weighted by Crippen LogP contribution is 2.39. The Bertz CT molecular complexity index is 1550. The van der Waals surface area contributed by atoms with Gasteiger partial charge in [0.1, 0.15) is 11.6 Å². The van der Waals surface area contributed by atoms with E-state index < -0.39 is 11.8 Å². The Hall–Kier alpha value is -4.71. The van der Waals surface area contributed by atoms with Crippen LogP contribution in [0.25, 0.3) is 33.9 Å². The minimum absolute atomic E-state index is 0.113. The Morgan fingerprint density at radius 1 is 0.917 bits per heavy atom. The van der Waals surface area contributed by atoms with E-state index in [0.29, 0.717) is 44.6 Å². The molecule has 178 valence electrons. The van der Waals surface area contributed by atoms with Crippen molar-refractivity contribution in [2.75, 3.05) is 5.32 Å². The second-order valence-electron chi connectivity index (χ2n) is 8.74. The fourth-order valence-electron chi connectivity index (χ4n) is 4.42. The van der Waals surface area contributed by atoms with Gasteiger partial charge in [0.15, 0.2) is 0 Å². The van der Waals surface area contributed by atoms with E-state index in [2.05, 4.69) is 5.32 Å². The number of carboxylic acids is 1. The number of carbonyl (C=O) groups is 2. The second kappa shape index (κ2) is 9.15. The lowest BCUT2D eigenvalue weighted by atomic mass is 9.95. The number of amides is 1. The number of para-hydroxylation sites is 1. The number of fused-ring (bicyclic) bond motifs is 1. The van der Waals surface area contributed by atoms with Crippen molar-refractivity contribution in [1.82, 2.24) is 0 Å². The van der Waals surface area contributed by atoms with Crippen LogP contribution >= 0.6 is 0 Å². The van der Waals surface area contributed by atoms with Gasteiger partial charge in [-0.2, -0.15) is 0 Å². The van der Waals surface area contributed by atoms with E-state index in [1.54, 1.807) is 42.5 Å². The fourth-order valence-corrected chi connectivity index (χ4v) is 4.42. The molecular weight excluding hydrogens is 457 g/mol. The van der Waals surface area contributed by atoms with Gasteiger partial charge < -0.3 is 15.5 Å². The van der Waals surface area contributed by atoms with Crippen molar-refractivity contribution in [1.29, 1.82) is 0 Å². The standard InChI is InChI=1S/C30H22FNO4/c1-17-6-7-18(12-21(17)14-29(34)35)13-25-24-15-23(26(31)16-27(24)32-30(25)36)20-10-8-19(9-11-20)22-4-2-3-5-28(22)33/h2-13,15-16,33H,14H2,1H3,(H,32,36)(H,34,35). The number of aliphatic carboxylic acids is 1. The molecule has 36 heavy (non-hydrogen) atoms. The highest BCUT2D eigenvalue weighted by Gasteiger charge is 2.26. The van der Waals surface area contributed by atoms with Crippen molar-refractivity contribution in [2.45, 2.75) is 13.3 Å². The zero-order valence-corrected chi connectivity index (χ0v) is 19.4. The smallest absolute Gasteiger partial charge is 0.307 e. The zero-order valence-electron chi connectivity index (χ0n) is 19.4. The number of hydrogen-bond acceptors (Lipinski definition) is 3. The largest absolute Gasteiger partial charge is 0.507 e. The highest BCUT2D eigenvalue weighted by molar-refractivity contribution is 6.35. The van der Waals surface area contributed by atoms with Gasteiger partial charge in [0.05, 0.1) is 12.1 Å². The number of rotatable bonds is 5. The van der Waals surface area contributed by atoms with Crippen molar-refractivity contribution in [3.8, 4) is 28.0 Å². The molecule has 4 aromatic rings. The van der Waals surface area contributed by atoms with Crippen LogP contribution in [0, 0.1) is 12.7 Å². The molecule has 0 fully saturated rings. The molecule has 6 heteroatoms. The number of phenolic OH excluding ortho intramolecular Hbond substituents is 1. The number of benzene rings is 4. The van der Waals surface area contributed by atoms with Gasteiger partial charge >= 0.3 is 5.97 Å². The van der Waals surface area contributed by atoms with Crippen molar-refractivity contribution in [2.24, 2.45) is 0 Å². The zero-order chi connectivity index (χ0) is 25.4. The molecule has 1 heterocycles. The van der Waals surface area contributed by atoms with E-state index in [-0.39, 0.29) is 18.1 Å². The Morgan fingerprint density at radius 2 is 1.61 bits per heavy atom. The molecule has 0 aromatic heterocycles. The average molecular weight is 480 g/mol. The van der Waals surface area contributed by atoms with Gasteiger partial charge in [-0.3, -0.25) is 9.59 Å². The number of hydrogen-bond donors (Lipinski definition) is 3. The number of anilines is 1. The molecule has 0 saturated carbocycles. The van der Waals surface area contributed by atoms with Gasteiger partial charge in [0.25, 0.3) is 5.91 Å². The lowest BCUT2D eigenvalue weighted by Gasteiger charge is -2.10. The molecule has 4 aromatic carbocycles. The number of aryl methyl sites for hydroxylation is 1. The number of carboxylic acid groups (broad SMARTS) is 1. The highest BCUT2D eigenvalue weighted by atomic mass is 19.1. The van der Waals surface area contributed by atoms with Gasteiger partial charge in [-0.15, -0.1) is 0 Å². The van der Waals surface area contributed by atoms with Gasteiger partial charge in [-0.25, -0.2) is 4.39 Å². The quantitative estimate of drug-likeness (QED) is 0.294. The lowest BCUT2D eigenvalue weighted by molar-refractivity contribution is -0.136. The van der Waals surface area contributed by atoms with E-state index in [9.17, 15) is 19.8 Å². The minimum atomic E-state index is -0.930. The van der Waals surface area contributed by atoms with Gasteiger partial charge in [0, 0.05) is 22.3 Å². The van der Waals surface area contributed by atoms with Crippen LogP contribution in [0.2, 0.25) is 0 Å². The molecule has 0 radical (unpaired) electrons. The topological polar surface area (TPSA) is 86.6 Å². The van der Waals surface area contributed by atoms with Crippen LogP contribution in [0.1, 0.15) is 22.3 Å². The third kappa shape index (κ3) is 4.36. The molecule has 1 aliphatic heterocycles. The first-order valence-corrected chi connectivity index (χ1v) is 11.4. The molecule has 3 N–H and O–H groups in total. The normalized spacial score (nSPS) is 13.5. The average Bonchev–Trinajstić information content (AvgIpc) is 3.14. The summed E-state index contributed by atoms with van der Waals surface area (Å²) in [4.78, 5) is 23.9. The molecule has 1 amide bonds. The van der Waals surface area contributed by atoms with Crippen molar-refractivity contribution >= 4 is 29.2 Å². The molecule has 0 aliphatic carbocycles. The number of phenols is 1. The molecule has 0 spiro atoms. The molecule has 0 bridgehead atoms. The molecule has 1 aliphatic rings. The summed E-state index contributed by atoms with van der Waals surface area (Å²) in [5.74, 6) is -1.59. The summed E-state index contributed by atoms with van der Waals surface area (Å²) in [6, 6.07) is 22.5. The third-order valence-corrected chi connectivity index (χ3v) is 6.33. The van der Waals surface area contributed by atoms with Crippen molar-refractivity contribution in [3.05, 3.63) is 107 Å². The van der Waals surface area contributed by atoms with Crippen molar-refractivity contribution in [3.63, 3.8) is 0 Å². The molecule has 5 nitrogen and oxygen atoms in total. The van der Waals surface area contributed by atoms with Crippen LogP contribution in [0.3, 0.4) is 0 Å². The Kier molecular flexibility index (Phi) is 5.86. The van der Waals surface area contributed by atoms with E-state index in [1.165, 1.54) is 6.07 Å². The second-order valence-corrected chi connectivity index (χ2v) is 8.74. The van der Waals surface area contributed by atoms with E-state index >= 15 is 4.39 Å². The Morgan fingerprint density at radius 3 is 2.31 bits per heavy atom. The maximum absolute atomic E-state index is 15.1. The number of carbonyl (C=O) groups excluding carboxylic acids is 1. The summed E-state index contributed by atoms with van der Waals surface area (Å²) in [5.41, 5.74) is 5.99. The fraction of sp³-hybridized carbons (Fsp3) is 0.0667. The van der Waals surface area contributed by atoms with Crippen molar-refractivity contribution < 1.29 is 24.2 Å². The summed E-state index contributed by atoms with van der Waals surface area (Å²) in [5, 5.41) is 22.0. The van der Waals surface area contributed by atoms with Crippen LogP contribution in [0.5, 0.6) is 5.75 Å². The number of aromatic hydroxyl groups is 1. The Balaban J connectivity index is 1.53. The molecular formula is C30H22FNO4. The molecule has 0 atom stereocenters. The predicted octanol–water partition coefficient (Wildman–Crippen LogP) is 6.29. The number of nitrogens with one attached hydrogen (secondary N) is 1. The van der Waals surface area contributed by atoms with Crippen LogP contribution in [-0.4, -0.2) is 22.1 Å². The molecule has 5 rings (SSSR count). The lowest BCUT2D eigenvalue weighted by Crippen LogP contribution is -2.04. The summed E-state index contributed by atoms with van der Waals surface area (Å²) in [6.45, 7) is 1.84. The molecule has 0 saturated heterocycles. The summed E-state index contributed by atoms with van der Waals surface area (Å²) < 4.78 is 15.1. The van der Waals surface area contributed by atoms with E-state index in [0.717, 1.165) is 11.1 Å². The maximum Gasteiger partial charge on any atom is 0.307 e. The number of halogens is 1. The summed E-state index contributed by atoms with van der Waals surface area (Å²) >= 11 is 0. The van der Waals surface area contributed by atoms with E-state index in [1.807, 2.05) is 43.3 Å². The van der Waals surface area contributed by atoms with Gasteiger partial charge in [0.2, 0.25) is 0 Å². The van der Waals surface area contributed by atoms with Gasteiger partial charge in [-0.1, -0.05) is 60.7 Å². The summed E-state index contributed by atoms with van der Waals surface area (Å²) in [7, 11) is 0. The van der Waals surface area contributed by atoms with Gasteiger partial charge in [-0.05, 0) is 59.0 Å². The minimum Gasteiger partial charge on any atom is -0.507 e. The SMILES string of the molecule is Cc1ccc(C=C2C(=O)Nc3cc(F)c(-c4ccc(-c5ccccc5O)cc4)cc32)cc1CC(=O)O. The summed E-state index contributed by atoms with van der Waals surface area (Å²) in [6.07, 6.45) is 1.58. The van der Waals surface area contributed by atoms with Crippen LogP contribution in [-0.2, 0) is 16.0 Å². The third-order valence-electron chi connectivity index (χ3n) is 6.33. The Labute approximate surface area is 207 Å².